The predicted octanol–water partition coefficient (Wildman–Crippen LogP) is 3.14. The van der Waals surface area contributed by atoms with Gasteiger partial charge in [-0.2, -0.15) is 0 Å². The van der Waals surface area contributed by atoms with E-state index in [-0.39, 0.29) is 4.90 Å². The average molecular weight is 330 g/mol. The zero-order valence-corrected chi connectivity index (χ0v) is 13.6. The van der Waals surface area contributed by atoms with Gasteiger partial charge in [0.1, 0.15) is 11.6 Å². The molecule has 0 atom stereocenters. The summed E-state index contributed by atoms with van der Waals surface area (Å²) in [5.74, 6) is -1.15. The van der Waals surface area contributed by atoms with Crippen molar-refractivity contribution in [3.63, 3.8) is 0 Å². The minimum Gasteiger partial charge on any atom is -0.353 e. The molecule has 2 rings (SSSR count). The van der Waals surface area contributed by atoms with Gasteiger partial charge in [-0.1, -0.05) is 30.0 Å². The molecule has 0 saturated carbocycles. The lowest BCUT2D eigenvalue weighted by atomic mass is 10.2. The maximum atomic E-state index is 14.0. The van der Waals surface area contributed by atoms with E-state index < -0.39 is 11.6 Å². The number of nitrogens with zero attached hydrogens (tertiary/aromatic N) is 3. The van der Waals surface area contributed by atoms with E-state index in [0.717, 1.165) is 18.3 Å². The van der Waals surface area contributed by atoms with Crippen LogP contribution in [0.4, 0.5) is 13.9 Å². The summed E-state index contributed by atoms with van der Waals surface area (Å²) < 4.78 is 28.6. The van der Waals surface area contributed by atoms with Gasteiger partial charge in [-0.3, -0.25) is 0 Å². The number of hydrogen-bond acceptors (Lipinski definition) is 6. The summed E-state index contributed by atoms with van der Waals surface area (Å²) >= 11 is 2.25. The molecule has 0 unspecified atom stereocenters. The van der Waals surface area contributed by atoms with Crippen molar-refractivity contribution in [2.45, 2.75) is 22.7 Å². The summed E-state index contributed by atoms with van der Waals surface area (Å²) in [5.41, 5.74) is 0.586. The van der Waals surface area contributed by atoms with Gasteiger partial charge in [0.25, 0.3) is 0 Å². The second-order valence-corrected chi connectivity index (χ2v) is 6.73. The largest absolute Gasteiger partial charge is 0.353 e. The molecule has 0 amide bonds. The summed E-state index contributed by atoms with van der Waals surface area (Å²) in [6.45, 7) is 3.13. The highest BCUT2D eigenvalue weighted by atomic mass is 32.2. The molecule has 0 radical (unpaired) electrons. The van der Waals surface area contributed by atoms with Crippen LogP contribution in [0.5, 0.6) is 0 Å². The molecular formula is C13H16F2N4S2. The van der Waals surface area contributed by atoms with E-state index >= 15 is 0 Å². The summed E-state index contributed by atoms with van der Waals surface area (Å²) in [6, 6.07) is 2.70. The minimum atomic E-state index is -0.575. The summed E-state index contributed by atoms with van der Waals surface area (Å²) in [7, 11) is 3.68. The maximum Gasteiger partial charge on any atom is 0.208 e. The lowest BCUT2D eigenvalue weighted by Crippen LogP contribution is -2.12. The molecule has 2 aromatic rings. The van der Waals surface area contributed by atoms with Gasteiger partial charge in [-0.25, -0.2) is 8.78 Å². The summed E-state index contributed by atoms with van der Waals surface area (Å²) in [5, 5.41) is 11.6. The van der Waals surface area contributed by atoms with Crippen molar-refractivity contribution >= 4 is 28.2 Å². The Hall–Kier alpha value is -1.25. The molecule has 1 aromatic carbocycles. The molecule has 0 fully saturated rings. The van der Waals surface area contributed by atoms with Gasteiger partial charge in [-0.15, -0.1) is 10.2 Å². The van der Waals surface area contributed by atoms with E-state index in [1.807, 2.05) is 21.0 Å². The molecule has 0 aliphatic carbocycles. The van der Waals surface area contributed by atoms with Crippen LogP contribution in [0.15, 0.2) is 21.4 Å². The van der Waals surface area contributed by atoms with Crippen LogP contribution in [0, 0.1) is 11.6 Å². The predicted molar refractivity (Wildman–Crippen MR) is 82.1 cm³/mol. The van der Waals surface area contributed by atoms with Crippen molar-refractivity contribution in [2.75, 3.05) is 25.5 Å². The topological polar surface area (TPSA) is 41.1 Å². The Balaban J connectivity index is 2.19. The van der Waals surface area contributed by atoms with Crippen LogP contribution in [0.1, 0.15) is 12.5 Å². The number of benzene rings is 1. The van der Waals surface area contributed by atoms with Gasteiger partial charge in [-0.05, 0) is 24.2 Å². The Bertz CT molecular complexity index is 593. The van der Waals surface area contributed by atoms with Crippen molar-refractivity contribution in [3.8, 4) is 0 Å². The minimum absolute atomic E-state index is 0.0447. The van der Waals surface area contributed by atoms with E-state index in [1.54, 1.807) is 4.90 Å². The molecule has 1 aromatic heterocycles. The first-order valence-corrected chi connectivity index (χ1v) is 8.02. The molecule has 0 saturated heterocycles. The second-order valence-electron chi connectivity index (χ2n) is 4.52. The summed E-state index contributed by atoms with van der Waals surface area (Å²) in [4.78, 5) is 1.75. The van der Waals surface area contributed by atoms with E-state index in [1.165, 1.54) is 23.5 Å². The molecule has 0 bridgehead atoms. The highest BCUT2D eigenvalue weighted by Gasteiger charge is 2.16. The van der Waals surface area contributed by atoms with Crippen molar-refractivity contribution in [1.29, 1.82) is 0 Å². The van der Waals surface area contributed by atoms with E-state index in [4.69, 9.17) is 0 Å². The number of anilines is 1. The Kier molecular flexibility index (Phi) is 5.49. The molecule has 21 heavy (non-hydrogen) atoms. The Labute approximate surface area is 130 Å². The van der Waals surface area contributed by atoms with Crippen LogP contribution < -0.4 is 10.2 Å². The standard InChI is InChI=1S/C13H16F2N4S2/c1-4-16-7-8-5-9(14)11(10(15)6-8)20-13-18-17-12(21-13)19(2)3/h5-6,16H,4,7H2,1-3H3. The molecule has 8 heteroatoms. The Morgan fingerprint density at radius 3 is 2.43 bits per heavy atom. The highest BCUT2D eigenvalue weighted by Crippen LogP contribution is 2.36. The van der Waals surface area contributed by atoms with E-state index in [9.17, 15) is 8.78 Å². The second kappa shape index (κ2) is 7.15. The molecule has 1 N–H and O–H groups in total. The van der Waals surface area contributed by atoms with Gasteiger partial charge in [0.15, 0.2) is 4.34 Å². The summed E-state index contributed by atoms with van der Waals surface area (Å²) in [6.07, 6.45) is 0. The lowest BCUT2D eigenvalue weighted by Gasteiger charge is -2.07. The number of hydrogen-bond donors (Lipinski definition) is 1. The van der Waals surface area contributed by atoms with Crippen LogP contribution in [-0.2, 0) is 6.54 Å². The molecule has 1 heterocycles. The molecule has 4 nitrogen and oxygen atoms in total. The molecular weight excluding hydrogens is 314 g/mol. The molecule has 0 aliphatic rings. The number of nitrogens with one attached hydrogen (secondary N) is 1. The van der Waals surface area contributed by atoms with Gasteiger partial charge in [0, 0.05) is 20.6 Å². The lowest BCUT2D eigenvalue weighted by molar-refractivity contribution is 0.535. The highest BCUT2D eigenvalue weighted by molar-refractivity contribution is 8.01. The van der Waals surface area contributed by atoms with Crippen molar-refractivity contribution in [1.82, 2.24) is 15.5 Å². The third-order valence-electron chi connectivity index (χ3n) is 2.60. The van der Waals surface area contributed by atoms with Crippen LogP contribution in [-0.4, -0.2) is 30.8 Å². The molecule has 114 valence electrons. The first-order valence-electron chi connectivity index (χ1n) is 6.38. The van der Waals surface area contributed by atoms with Gasteiger partial charge in [0.2, 0.25) is 5.13 Å². The normalized spacial score (nSPS) is 10.9. The molecule has 0 aliphatic heterocycles. The maximum absolute atomic E-state index is 14.0. The smallest absolute Gasteiger partial charge is 0.208 e. The van der Waals surface area contributed by atoms with Crippen molar-refractivity contribution in [3.05, 3.63) is 29.3 Å². The fourth-order valence-electron chi connectivity index (χ4n) is 1.59. The van der Waals surface area contributed by atoms with Crippen molar-refractivity contribution in [2.24, 2.45) is 0 Å². The van der Waals surface area contributed by atoms with E-state index in [2.05, 4.69) is 15.5 Å². The van der Waals surface area contributed by atoms with Gasteiger partial charge >= 0.3 is 0 Å². The van der Waals surface area contributed by atoms with Crippen molar-refractivity contribution < 1.29 is 8.78 Å². The Morgan fingerprint density at radius 1 is 1.24 bits per heavy atom. The molecule has 0 spiro atoms. The zero-order chi connectivity index (χ0) is 15.4. The number of aromatic nitrogens is 2. The number of rotatable bonds is 6. The fraction of sp³-hybridized carbons (Fsp3) is 0.385. The SMILES string of the molecule is CCNCc1cc(F)c(Sc2nnc(N(C)C)s2)c(F)c1. The van der Waals surface area contributed by atoms with Crippen LogP contribution in [0.2, 0.25) is 0 Å². The first-order chi connectivity index (χ1) is 10.0. The van der Waals surface area contributed by atoms with Gasteiger partial charge in [0.05, 0.1) is 4.90 Å². The quantitative estimate of drug-likeness (QED) is 0.881. The third kappa shape index (κ3) is 4.12. The fourth-order valence-corrected chi connectivity index (χ4v) is 3.30. The third-order valence-corrected chi connectivity index (χ3v) is 4.84. The zero-order valence-electron chi connectivity index (χ0n) is 12.0. The van der Waals surface area contributed by atoms with Crippen LogP contribution in [0.3, 0.4) is 0 Å². The monoisotopic (exact) mass is 330 g/mol. The Morgan fingerprint density at radius 2 is 1.90 bits per heavy atom. The average Bonchev–Trinajstić information content (AvgIpc) is 2.89. The first kappa shape index (κ1) is 16.1. The van der Waals surface area contributed by atoms with Crippen LogP contribution in [0.25, 0.3) is 0 Å². The number of halogens is 2. The van der Waals surface area contributed by atoms with E-state index in [0.29, 0.717) is 21.6 Å². The van der Waals surface area contributed by atoms with Crippen LogP contribution >= 0.6 is 23.1 Å². The van der Waals surface area contributed by atoms with Gasteiger partial charge < -0.3 is 10.2 Å².